The Morgan fingerprint density at radius 2 is 1.96 bits per heavy atom. The van der Waals surface area contributed by atoms with Crippen molar-refractivity contribution in [3.63, 3.8) is 0 Å². The van der Waals surface area contributed by atoms with E-state index in [2.05, 4.69) is 5.32 Å². The molecule has 2 aromatic carbocycles. The summed E-state index contributed by atoms with van der Waals surface area (Å²) in [4.78, 5) is 24.8. The first-order valence-electron chi connectivity index (χ1n) is 7.67. The number of anilines is 1. The van der Waals surface area contributed by atoms with Crippen LogP contribution in [0.3, 0.4) is 0 Å². The standard InChI is InChI=1S/C18H16F2N2O2S/c1-11(23)21-14-7-5-12(6-8-14)18-22(16(24)10-25-18)9-13-3-2-4-15(19)17(13)20/h2-8,18H,9-10H2,1H3,(H,21,23). The van der Waals surface area contributed by atoms with Gasteiger partial charge in [-0.1, -0.05) is 24.3 Å². The molecule has 7 heteroatoms. The van der Waals surface area contributed by atoms with Gasteiger partial charge in [0.2, 0.25) is 11.8 Å². The molecule has 4 nitrogen and oxygen atoms in total. The summed E-state index contributed by atoms with van der Waals surface area (Å²) in [7, 11) is 0. The number of thioether (sulfide) groups is 1. The van der Waals surface area contributed by atoms with E-state index in [1.165, 1.54) is 35.7 Å². The number of hydrogen-bond acceptors (Lipinski definition) is 3. The first kappa shape index (κ1) is 17.4. The lowest BCUT2D eigenvalue weighted by Crippen LogP contribution is -2.28. The van der Waals surface area contributed by atoms with Crippen LogP contribution in [0, 0.1) is 11.6 Å². The fourth-order valence-electron chi connectivity index (χ4n) is 2.69. The number of nitrogens with one attached hydrogen (secondary N) is 1. The van der Waals surface area contributed by atoms with Gasteiger partial charge in [-0.05, 0) is 23.8 Å². The van der Waals surface area contributed by atoms with Crippen molar-refractivity contribution in [3.05, 3.63) is 65.2 Å². The van der Waals surface area contributed by atoms with Crippen molar-refractivity contribution >= 4 is 29.3 Å². The average Bonchev–Trinajstić information content (AvgIpc) is 2.93. The molecule has 1 unspecified atom stereocenters. The average molecular weight is 362 g/mol. The van der Waals surface area contributed by atoms with Gasteiger partial charge in [-0.25, -0.2) is 8.78 Å². The summed E-state index contributed by atoms with van der Waals surface area (Å²) in [6.07, 6.45) is 0. The number of halogens is 2. The predicted octanol–water partition coefficient (Wildman–Crippen LogP) is 3.70. The molecule has 1 N–H and O–H groups in total. The Kier molecular flexibility index (Phi) is 5.03. The number of benzene rings is 2. The third-order valence-electron chi connectivity index (χ3n) is 3.86. The molecule has 1 heterocycles. The number of amides is 2. The van der Waals surface area contributed by atoms with Crippen molar-refractivity contribution in [1.29, 1.82) is 0 Å². The van der Waals surface area contributed by atoms with Crippen molar-refractivity contribution in [2.24, 2.45) is 0 Å². The highest BCUT2D eigenvalue weighted by Crippen LogP contribution is 2.40. The van der Waals surface area contributed by atoms with Crippen molar-refractivity contribution in [2.75, 3.05) is 11.1 Å². The van der Waals surface area contributed by atoms with Crippen molar-refractivity contribution in [1.82, 2.24) is 4.90 Å². The van der Waals surface area contributed by atoms with Crippen LogP contribution in [0.15, 0.2) is 42.5 Å². The monoisotopic (exact) mass is 362 g/mol. The highest BCUT2D eigenvalue weighted by Gasteiger charge is 2.33. The van der Waals surface area contributed by atoms with Gasteiger partial charge in [0.1, 0.15) is 5.37 Å². The zero-order valence-electron chi connectivity index (χ0n) is 13.5. The SMILES string of the molecule is CC(=O)Nc1ccc(C2SCC(=O)N2Cc2cccc(F)c2F)cc1. The van der Waals surface area contributed by atoms with E-state index >= 15 is 0 Å². The topological polar surface area (TPSA) is 49.4 Å². The molecular weight excluding hydrogens is 346 g/mol. The van der Waals surface area contributed by atoms with E-state index in [0.717, 1.165) is 11.6 Å². The molecule has 130 valence electrons. The lowest BCUT2D eigenvalue weighted by atomic mass is 10.1. The van der Waals surface area contributed by atoms with E-state index in [-0.39, 0.29) is 35.0 Å². The zero-order chi connectivity index (χ0) is 18.0. The normalized spacial score (nSPS) is 17.0. The summed E-state index contributed by atoms with van der Waals surface area (Å²) in [6, 6.07) is 11.1. The maximum atomic E-state index is 13.9. The fourth-order valence-corrected chi connectivity index (χ4v) is 3.88. The van der Waals surface area contributed by atoms with Crippen molar-refractivity contribution < 1.29 is 18.4 Å². The van der Waals surface area contributed by atoms with E-state index in [4.69, 9.17) is 0 Å². The molecule has 0 spiro atoms. The molecule has 1 fully saturated rings. The Hall–Kier alpha value is -2.41. The van der Waals surface area contributed by atoms with Crippen LogP contribution in [-0.4, -0.2) is 22.5 Å². The minimum atomic E-state index is -0.924. The van der Waals surface area contributed by atoms with Crippen LogP contribution in [0.2, 0.25) is 0 Å². The molecule has 0 saturated carbocycles. The minimum Gasteiger partial charge on any atom is -0.326 e. The molecule has 0 bridgehead atoms. The smallest absolute Gasteiger partial charge is 0.234 e. The molecule has 1 atom stereocenters. The highest BCUT2D eigenvalue weighted by molar-refractivity contribution is 8.00. The maximum absolute atomic E-state index is 13.9. The lowest BCUT2D eigenvalue weighted by Gasteiger charge is -2.24. The summed E-state index contributed by atoms with van der Waals surface area (Å²) in [6.45, 7) is 1.43. The molecule has 0 radical (unpaired) electrons. The summed E-state index contributed by atoms with van der Waals surface area (Å²) in [5.74, 6) is -1.85. The Morgan fingerprint density at radius 1 is 1.24 bits per heavy atom. The van der Waals surface area contributed by atoms with Gasteiger partial charge in [-0.15, -0.1) is 11.8 Å². The van der Waals surface area contributed by atoms with Crippen LogP contribution >= 0.6 is 11.8 Å². The number of carbonyl (C=O) groups excluding carboxylic acids is 2. The van der Waals surface area contributed by atoms with E-state index < -0.39 is 11.6 Å². The van der Waals surface area contributed by atoms with E-state index in [9.17, 15) is 18.4 Å². The highest BCUT2D eigenvalue weighted by atomic mass is 32.2. The minimum absolute atomic E-state index is 0.00748. The zero-order valence-corrected chi connectivity index (χ0v) is 14.3. The Labute approximate surface area is 148 Å². The molecular formula is C18H16F2N2O2S. The van der Waals surface area contributed by atoms with Gasteiger partial charge in [0.25, 0.3) is 0 Å². The van der Waals surface area contributed by atoms with Crippen LogP contribution in [0.1, 0.15) is 23.4 Å². The molecule has 1 saturated heterocycles. The van der Waals surface area contributed by atoms with Gasteiger partial charge in [0.15, 0.2) is 11.6 Å². The molecule has 0 aromatic heterocycles. The number of carbonyl (C=O) groups is 2. The quantitative estimate of drug-likeness (QED) is 0.902. The number of hydrogen-bond donors (Lipinski definition) is 1. The van der Waals surface area contributed by atoms with Gasteiger partial charge in [0, 0.05) is 18.2 Å². The van der Waals surface area contributed by atoms with Crippen LogP contribution in [0.5, 0.6) is 0 Å². The molecule has 1 aliphatic heterocycles. The second kappa shape index (κ2) is 7.23. The first-order chi connectivity index (χ1) is 12.0. The first-order valence-corrected chi connectivity index (χ1v) is 8.72. The molecule has 1 aliphatic rings. The number of rotatable bonds is 4. The Bertz CT molecular complexity index is 811. The van der Waals surface area contributed by atoms with Gasteiger partial charge in [-0.3, -0.25) is 9.59 Å². The summed E-state index contributed by atoms with van der Waals surface area (Å²) < 4.78 is 27.3. The van der Waals surface area contributed by atoms with Crippen molar-refractivity contribution in [3.8, 4) is 0 Å². The molecule has 2 aromatic rings. The van der Waals surface area contributed by atoms with Crippen molar-refractivity contribution in [2.45, 2.75) is 18.8 Å². The van der Waals surface area contributed by atoms with Crippen LogP contribution in [-0.2, 0) is 16.1 Å². The van der Waals surface area contributed by atoms with E-state index in [1.807, 2.05) is 12.1 Å². The van der Waals surface area contributed by atoms with Gasteiger partial charge < -0.3 is 10.2 Å². The van der Waals surface area contributed by atoms with Gasteiger partial charge in [0.05, 0.1) is 12.3 Å². The van der Waals surface area contributed by atoms with Crippen LogP contribution in [0.4, 0.5) is 14.5 Å². The third-order valence-corrected chi connectivity index (χ3v) is 5.11. The Morgan fingerprint density at radius 3 is 2.64 bits per heavy atom. The van der Waals surface area contributed by atoms with E-state index in [1.54, 1.807) is 12.1 Å². The predicted molar refractivity (Wildman–Crippen MR) is 92.9 cm³/mol. The summed E-state index contributed by atoms with van der Waals surface area (Å²) in [5.41, 5.74) is 1.67. The molecule has 0 aliphatic carbocycles. The molecule has 3 rings (SSSR count). The third kappa shape index (κ3) is 3.82. The van der Waals surface area contributed by atoms with Gasteiger partial charge >= 0.3 is 0 Å². The van der Waals surface area contributed by atoms with Gasteiger partial charge in [-0.2, -0.15) is 0 Å². The van der Waals surface area contributed by atoms with Crippen LogP contribution in [0.25, 0.3) is 0 Å². The van der Waals surface area contributed by atoms with Crippen LogP contribution < -0.4 is 5.32 Å². The largest absolute Gasteiger partial charge is 0.326 e. The second-order valence-corrected chi connectivity index (χ2v) is 6.77. The Balaban J connectivity index is 1.82. The number of nitrogens with zero attached hydrogens (tertiary/aromatic N) is 1. The lowest BCUT2D eigenvalue weighted by molar-refractivity contribution is -0.128. The van der Waals surface area contributed by atoms with E-state index in [0.29, 0.717) is 5.69 Å². The second-order valence-electron chi connectivity index (χ2n) is 5.70. The molecule has 2 amide bonds. The fraction of sp³-hybridized carbons (Fsp3) is 0.222. The summed E-state index contributed by atoms with van der Waals surface area (Å²) >= 11 is 1.43. The molecule has 25 heavy (non-hydrogen) atoms. The maximum Gasteiger partial charge on any atom is 0.234 e. The summed E-state index contributed by atoms with van der Waals surface area (Å²) in [5, 5.41) is 2.40.